The average Bonchev–Trinajstić information content (AvgIpc) is 3.49. The lowest BCUT2D eigenvalue weighted by molar-refractivity contribution is -0.117. The van der Waals surface area contributed by atoms with E-state index in [1.807, 2.05) is 18.2 Å². The Hall–Kier alpha value is -3.11. The second-order valence-corrected chi connectivity index (χ2v) is 9.84. The third-order valence-electron chi connectivity index (χ3n) is 6.69. The molecule has 170 valence electrons. The fourth-order valence-corrected chi connectivity index (χ4v) is 5.60. The van der Waals surface area contributed by atoms with E-state index in [9.17, 15) is 14.7 Å². The van der Waals surface area contributed by atoms with Crippen molar-refractivity contribution in [1.29, 1.82) is 0 Å². The number of carboxylic acid groups (broad SMARTS) is 1. The van der Waals surface area contributed by atoms with Gasteiger partial charge in [-0.1, -0.05) is 11.3 Å². The van der Waals surface area contributed by atoms with Gasteiger partial charge in [0.25, 0.3) is 0 Å². The van der Waals surface area contributed by atoms with Crippen LogP contribution in [0.3, 0.4) is 0 Å². The van der Waals surface area contributed by atoms with E-state index in [1.165, 1.54) is 16.2 Å². The number of amides is 2. The smallest absolute Gasteiger partial charge is 0.412 e. The summed E-state index contributed by atoms with van der Waals surface area (Å²) >= 11 is 1.34. The standard InChI is InChI=1S/C23H23N5O4S/c29-20(13-1-2-13)27-22-26-16-4-3-15(25-21(16)33-22)14-9-19-17(24-11-14)10-18(28(19)23(30)31)12-5-7-32-8-6-12/h3-4,9,11-13,18H,1-2,5-8,10H2,(H,30,31)(H,26,27,29). The summed E-state index contributed by atoms with van der Waals surface area (Å²) in [7, 11) is 0. The minimum absolute atomic E-state index is 0.0185. The van der Waals surface area contributed by atoms with Gasteiger partial charge in [0.05, 0.1) is 17.1 Å². The molecule has 33 heavy (non-hydrogen) atoms. The summed E-state index contributed by atoms with van der Waals surface area (Å²) in [6, 6.07) is 5.49. The number of thiazole rings is 1. The van der Waals surface area contributed by atoms with Crippen LogP contribution in [0.1, 0.15) is 31.4 Å². The first-order valence-corrected chi connectivity index (χ1v) is 12.1. The predicted molar refractivity (Wildman–Crippen MR) is 124 cm³/mol. The predicted octanol–water partition coefficient (Wildman–Crippen LogP) is 3.94. The van der Waals surface area contributed by atoms with E-state index in [0.717, 1.165) is 42.5 Å². The summed E-state index contributed by atoms with van der Waals surface area (Å²) in [6.07, 6.45) is 5.03. The third kappa shape index (κ3) is 3.83. The highest BCUT2D eigenvalue weighted by atomic mass is 32.1. The Labute approximate surface area is 193 Å². The number of aromatic nitrogens is 3. The molecule has 0 bridgehead atoms. The maximum Gasteiger partial charge on any atom is 0.412 e. The monoisotopic (exact) mass is 465 g/mol. The number of rotatable bonds is 4. The fraction of sp³-hybridized carbons (Fsp3) is 0.435. The molecule has 1 aliphatic carbocycles. The topological polar surface area (TPSA) is 118 Å². The number of hydrogen-bond acceptors (Lipinski definition) is 7. The van der Waals surface area contributed by atoms with E-state index in [2.05, 4.69) is 15.3 Å². The zero-order chi connectivity index (χ0) is 22.5. The summed E-state index contributed by atoms with van der Waals surface area (Å²) in [4.78, 5) is 40.2. The van der Waals surface area contributed by atoms with Gasteiger partial charge >= 0.3 is 6.09 Å². The van der Waals surface area contributed by atoms with Crippen LogP contribution in [0.4, 0.5) is 15.6 Å². The van der Waals surface area contributed by atoms with Gasteiger partial charge < -0.3 is 15.2 Å². The van der Waals surface area contributed by atoms with Crippen molar-refractivity contribution in [2.45, 2.75) is 38.1 Å². The quantitative estimate of drug-likeness (QED) is 0.599. The molecule has 1 atom stereocenters. The van der Waals surface area contributed by atoms with Crippen LogP contribution >= 0.6 is 11.3 Å². The van der Waals surface area contributed by atoms with Crippen molar-refractivity contribution in [3.05, 3.63) is 30.1 Å². The SMILES string of the molecule is O=C(Nc1nc2ccc(-c3cnc4c(c3)N(C(=O)O)C(C3CCOCC3)C4)nc2s1)C1CC1. The molecule has 0 spiro atoms. The molecule has 3 aromatic heterocycles. The number of anilines is 2. The number of carbonyl (C=O) groups excluding carboxylic acids is 1. The molecule has 1 unspecified atom stereocenters. The molecule has 2 N–H and O–H groups in total. The van der Waals surface area contributed by atoms with Gasteiger partial charge in [-0.25, -0.2) is 14.8 Å². The van der Waals surface area contributed by atoms with Crippen molar-refractivity contribution < 1.29 is 19.4 Å². The summed E-state index contributed by atoms with van der Waals surface area (Å²) in [5.74, 6) is 0.397. The molecule has 3 aliphatic rings. The molecule has 3 aromatic rings. The van der Waals surface area contributed by atoms with Crippen LogP contribution in [0.15, 0.2) is 24.4 Å². The molecule has 9 nitrogen and oxygen atoms in total. The Morgan fingerprint density at radius 1 is 1.15 bits per heavy atom. The number of ether oxygens (including phenoxy) is 1. The Bertz CT molecular complexity index is 1250. The van der Waals surface area contributed by atoms with E-state index in [0.29, 0.717) is 41.0 Å². The number of hydrogen-bond donors (Lipinski definition) is 2. The second-order valence-electron chi connectivity index (χ2n) is 8.87. The van der Waals surface area contributed by atoms with Gasteiger partial charge in [-0.2, -0.15) is 0 Å². The lowest BCUT2D eigenvalue weighted by Gasteiger charge is -2.32. The Morgan fingerprint density at radius 3 is 2.73 bits per heavy atom. The molecule has 5 heterocycles. The first-order valence-electron chi connectivity index (χ1n) is 11.2. The largest absolute Gasteiger partial charge is 0.465 e. The number of nitrogens with one attached hydrogen (secondary N) is 1. The molecule has 10 heteroatoms. The maximum atomic E-state index is 12.2. The normalized spacial score (nSPS) is 20.7. The van der Waals surface area contributed by atoms with Crippen LogP contribution in [0, 0.1) is 11.8 Å². The van der Waals surface area contributed by atoms with Gasteiger partial charge in [0.15, 0.2) is 5.13 Å². The average molecular weight is 466 g/mol. The highest BCUT2D eigenvalue weighted by Crippen LogP contribution is 2.39. The number of nitrogens with zero attached hydrogens (tertiary/aromatic N) is 4. The number of carbonyl (C=O) groups is 2. The van der Waals surface area contributed by atoms with Crippen molar-refractivity contribution in [3.63, 3.8) is 0 Å². The van der Waals surface area contributed by atoms with E-state index in [1.54, 1.807) is 6.20 Å². The summed E-state index contributed by atoms with van der Waals surface area (Å²) < 4.78 is 5.46. The third-order valence-corrected chi connectivity index (χ3v) is 7.57. The molecule has 1 saturated carbocycles. The van der Waals surface area contributed by atoms with Crippen LogP contribution in [0.25, 0.3) is 21.6 Å². The first kappa shape index (κ1) is 20.5. The van der Waals surface area contributed by atoms with Crippen molar-refractivity contribution in [2.75, 3.05) is 23.4 Å². The maximum absolute atomic E-state index is 12.2. The van der Waals surface area contributed by atoms with Crippen molar-refractivity contribution in [2.24, 2.45) is 11.8 Å². The van der Waals surface area contributed by atoms with Crippen LogP contribution in [-0.4, -0.2) is 51.3 Å². The zero-order valence-corrected chi connectivity index (χ0v) is 18.7. The van der Waals surface area contributed by atoms with Gasteiger partial charge in [0.2, 0.25) is 5.91 Å². The van der Waals surface area contributed by atoms with E-state index >= 15 is 0 Å². The minimum atomic E-state index is -0.953. The Morgan fingerprint density at radius 2 is 1.97 bits per heavy atom. The van der Waals surface area contributed by atoms with Crippen molar-refractivity contribution in [3.8, 4) is 11.3 Å². The first-order chi connectivity index (χ1) is 16.1. The van der Waals surface area contributed by atoms with Crippen LogP contribution in [-0.2, 0) is 16.0 Å². The molecule has 1 saturated heterocycles. The summed E-state index contributed by atoms with van der Waals surface area (Å²) in [6.45, 7) is 1.34. The Balaban J connectivity index is 1.29. The molecule has 0 aromatic carbocycles. The van der Waals surface area contributed by atoms with Gasteiger partial charge in [0, 0.05) is 43.4 Å². The molecular weight excluding hydrogens is 442 g/mol. The molecule has 2 aliphatic heterocycles. The van der Waals surface area contributed by atoms with Gasteiger partial charge in [-0.05, 0) is 49.8 Å². The van der Waals surface area contributed by atoms with Crippen LogP contribution in [0.5, 0.6) is 0 Å². The Kier molecular flexibility index (Phi) is 4.99. The van der Waals surface area contributed by atoms with Gasteiger partial charge in [-0.15, -0.1) is 0 Å². The molecule has 2 fully saturated rings. The van der Waals surface area contributed by atoms with Crippen molar-refractivity contribution in [1.82, 2.24) is 15.0 Å². The molecule has 6 rings (SSSR count). The lowest BCUT2D eigenvalue weighted by atomic mass is 9.90. The molecule has 0 radical (unpaired) electrons. The van der Waals surface area contributed by atoms with Gasteiger partial charge in [0.1, 0.15) is 10.3 Å². The van der Waals surface area contributed by atoms with E-state index < -0.39 is 6.09 Å². The molecule has 2 amide bonds. The fourth-order valence-electron chi connectivity index (χ4n) is 4.76. The van der Waals surface area contributed by atoms with E-state index in [-0.39, 0.29) is 23.8 Å². The number of fused-ring (bicyclic) bond motifs is 2. The molecular formula is C23H23N5O4S. The highest BCUT2D eigenvalue weighted by Gasteiger charge is 2.40. The summed E-state index contributed by atoms with van der Waals surface area (Å²) in [5.41, 5.74) is 3.62. The van der Waals surface area contributed by atoms with Gasteiger partial charge in [-0.3, -0.25) is 14.7 Å². The number of pyridine rings is 2. The van der Waals surface area contributed by atoms with Crippen LogP contribution in [0.2, 0.25) is 0 Å². The van der Waals surface area contributed by atoms with E-state index in [4.69, 9.17) is 9.72 Å². The van der Waals surface area contributed by atoms with Crippen molar-refractivity contribution >= 4 is 44.5 Å². The lowest BCUT2D eigenvalue weighted by Crippen LogP contribution is -2.43. The summed E-state index contributed by atoms with van der Waals surface area (Å²) in [5, 5.41) is 13.4. The minimum Gasteiger partial charge on any atom is -0.465 e. The highest BCUT2D eigenvalue weighted by molar-refractivity contribution is 7.22. The zero-order valence-electron chi connectivity index (χ0n) is 17.9. The van der Waals surface area contributed by atoms with Crippen LogP contribution < -0.4 is 10.2 Å². The second kappa shape index (κ2) is 8.03.